The predicted octanol–water partition coefficient (Wildman–Crippen LogP) is 19.6. The summed E-state index contributed by atoms with van der Waals surface area (Å²) < 4.78 is 36.8. The van der Waals surface area contributed by atoms with E-state index in [1.807, 2.05) is 0 Å². The van der Waals surface area contributed by atoms with Crippen LogP contribution in [-0.2, 0) is 0 Å². The zero-order valence-corrected chi connectivity index (χ0v) is 39.8. The molecule has 0 saturated heterocycles. The molecule has 0 bridgehead atoms. The molecule has 8 heteroatoms. The van der Waals surface area contributed by atoms with Gasteiger partial charge in [-0.25, -0.2) is 0 Å². The average molecular weight is 913 g/mol. The Bertz CT molecular complexity index is 3730. The van der Waals surface area contributed by atoms with Gasteiger partial charge in [0.05, 0.1) is 9.79 Å². The Morgan fingerprint density at radius 2 is 0.636 bits per heavy atom. The number of rotatable bonds is 2. The molecule has 0 N–H and O–H groups in total. The molecule has 0 unspecified atom stereocenters. The van der Waals surface area contributed by atoms with Gasteiger partial charge in [-0.2, -0.15) is 0 Å². The van der Waals surface area contributed by atoms with E-state index in [4.69, 9.17) is 21.5 Å². The van der Waals surface area contributed by atoms with Crippen molar-refractivity contribution < 1.29 is 21.5 Å². The van der Waals surface area contributed by atoms with Crippen LogP contribution in [0.15, 0.2) is 172 Å². The average Bonchev–Trinajstić information content (AvgIpc) is 3.62. The van der Waals surface area contributed by atoms with Gasteiger partial charge in [0.2, 0.25) is 0 Å². The third-order valence-electron chi connectivity index (χ3n) is 13.1. The summed E-state index contributed by atoms with van der Waals surface area (Å²) in [6.45, 7) is 12.8. The first-order chi connectivity index (χ1) is 32.2. The number of fused-ring (bicyclic) bond motifs is 16. The van der Waals surface area contributed by atoms with Crippen molar-refractivity contribution in [3.8, 4) is 22.1 Å². The van der Waals surface area contributed by atoms with E-state index >= 15 is 0 Å². The summed E-state index contributed by atoms with van der Waals surface area (Å²) in [4.78, 5) is 2.02. The van der Waals surface area contributed by atoms with E-state index in [0.29, 0.717) is 0 Å². The lowest BCUT2D eigenvalue weighted by molar-refractivity contribution is 0.458. The minimum atomic E-state index is -1.77. The minimum absolute atomic E-state index is 0.728. The molecule has 3 heterocycles. The van der Waals surface area contributed by atoms with E-state index in [-0.39, 0.29) is 0 Å². The quantitative estimate of drug-likeness (QED) is 0.172. The van der Waals surface area contributed by atoms with Crippen LogP contribution in [0.2, 0.25) is 0 Å². The Morgan fingerprint density at radius 1 is 0.348 bits per heavy atom. The first-order valence-electron chi connectivity index (χ1n) is 22.2. The van der Waals surface area contributed by atoms with Crippen molar-refractivity contribution in [2.45, 2.75) is 51.3 Å². The SMILES string of the molecule is Cc1cc2c(c(-p3oc4c(C)cc5ccccc5c4c4c(o3)c(C)cc3ccccc34)c1)Oc1c(cc(C)cc1-p1oc3c(C)cc4ccccc4c3c3c(o1)c(C)cc1ccccc13)S2. The van der Waals surface area contributed by atoms with E-state index < -0.39 is 16.0 Å². The summed E-state index contributed by atoms with van der Waals surface area (Å²) in [5.41, 5.74) is 9.72. The standard InChI is InChI=1S/C58H42O5P2S/c1-31-23-45(64-60-53-33(3)27-37-15-7-11-19-41(37)49(53)50-42-20-12-8-16-38(42)28-34(4)54(50)61-64)57-47(25-31)66-48-26-32(2)24-46(58(48)59-57)65-62-55-35(5)29-39-17-9-13-21-43(39)51(55)52-44-22-14-10-18-40(44)30-36(6)56(52)63-65/h7-30H,1-6H3. The van der Waals surface area contributed by atoms with Gasteiger partial charge in [-0.1, -0.05) is 109 Å². The summed E-state index contributed by atoms with van der Waals surface area (Å²) >= 11 is 1.71. The van der Waals surface area contributed by atoms with Crippen LogP contribution in [0.25, 0.3) is 97.6 Å². The Kier molecular flexibility index (Phi) is 8.90. The Balaban J connectivity index is 1.10. The van der Waals surface area contributed by atoms with Crippen molar-refractivity contribution in [2.24, 2.45) is 0 Å². The van der Waals surface area contributed by atoms with Crippen molar-refractivity contribution >= 4 is 115 Å². The summed E-state index contributed by atoms with van der Waals surface area (Å²) in [5.74, 6) is 1.46. The van der Waals surface area contributed by atoms with Crippen LogP contribution in [0, 0.1) is 41.5 Å². The van der Waals surface area contributed by atoms with Gasteiger partial charge in [-0.05, 0) is 167 Å². The minimum Gasteiger partial charge on any atom is -0.453 e. The molecule has 0 spiro atoms. The largest absolute Gasteiger partial charge is 0.453 e. The maximum Gasteiger partial charge on any atom is 0.256 e. The second-order valence-electron chi connectivity index (χ2n) is 17.8. The highest BCUT2D eigenvalue weighted by Crippen LogP contribution is 2.61. The van der Waals surface area contributed by atoms with Crippen LogP contribution in [-0.4, -0.2) is 0 Å². The smallest absolute Gasteiger partial charge is 0.256 e. The molecule has 12 aromatic rings. The van der Waals surface area contributed by atoms with Gasteiger partial charge in [0.1, 0.15) is 32.9 Å². The molecule has 1 aliphatic heterocycles. The third-order valence-corrected chi connectivity index (χ3v) is 17.0. The van der Waals surface area contributed by atoms with Gasteiger partial charge in [0.15, 0.2) is 11.5 Å². The van der Waals surface area contributed by atoms with Gasteiger partial charge in [0, 0.05) is 21.5 Å². The van der Waals surface area contributed by atoms with Gasteiger partial charge in [0.25, 0.3) is 16.0 Å². The summed E-state index contributed by atoms with van der Waals surface area (Å²) in [6, 6.07) is 52.0. The van der Waals surface area contributed by atoms with E-state index in [1.54, 1.807) is 11.8 Å². The molecular weight excluding hydrogens is 871 g/mol. The van der Waals surface area contributed by atoms with Gasteiger partial charge in [-0.3, -0.25) is 0 Å². The molecule has 2 aromatic heterocycles. The van der Waals surface area contributed by atoms with Crippen molar-refractivity contribution in [1.82, 2.24) is 0 Å². The molecule has 0 aliphatic carbocycles. The van der Waals surface area contributed by atoms with Crippen molar-refractivity contribution in [3.05, 3.63) is 179 Å². The monoisotopic (exact) mass is 912 g/mol. The maximum absolute atomic E-state index is 7.38. The number of hydrogen-bond donors (Lipinski definition) is 0. The molecule has 0 atom stereocenters. The van der Waals surface area contributed by atoms with Crippen LogP contribution < -0.4 is 4.74 Å². The Morgan fingerprint density at radius 3 is 0.939 bits per heavy atom. The molecule has 13 rings (SSSR count). The van der Waals surface area contributed by atoms with Crippen LogP contribution in [0.5, 0.6) is 11.5 Å². The highest BCUT2D eigenvalue weighted by molar-refractivity contribution is 7.99. The fraction of sp³-hybridized carbons (Fsp3) is 0.103. The summed E-state index contributed by atoms with van der Waals surface area (Å²) in [5, 5.41) is 15.1. The number of ether oxygens (including phenoxy) is 1. The van der Waals surface area contributed by atoms with Gasteiger partial charge in [-0.15, -0.1) is 0 Å². The lowest BCUT2D eigenvalue weighted by Gasteiger charge is -2.24. The normalized spacial score (nSPS) is 12.5. The second-order valence-corrected chi connectivity index (χ2v) is 21.6. The molecule has 0 fully saturated rings. The lowest BCUT2D eigenvalue weighted by atomic mass is 9.95. The predicted molar refractivity (Wildman–Crippen MR) is 278 cm³/mol. The first-order valence-corrected chi connectivity index (χ1v) is 25.4. The van der Waals surface area contributed by atoms with Crippen LogP contribution in [0.1, 0.15) is 33.4 Å². The molecule has 10 aromatic carbocycles. The van der Waals surface area contributed by atoms with Crippen molar-refractivity contribution in [2.75, 3.05) is 0 Å². The van der Waals surface area contributed by atoms with Crippen LogP contribution in [0.3, 0.4) is 0 Å². The maximum atomic E-state index is 7.38. The van der Waals surface area contributed by atoms with E-state index in [1.165, 1.54) is 0 Å². The van der Waals surface area contributed by atoms with Crippen LogP contribution >= 0.6 is 27.8 Å². The number of aryl methyl sites for hydroxylation is 6. The van der Waals surface area contributed by atoms with Crippen molar-refractivity contribution in [1.29, 1.82) is 0 Å². The topological polar surface area (TPSA) is 61.8 Å². The van der Waals surface area contributed by atoms with Crippen LogP contribution in [0.4, 0.5) is 0 Å². The third kappa shape index (κ3) is 6.02. The highest BCUT2D eigenvalue weighted by atomic mass is 32.2. The molecule has 5 nitrogen and oxygen atoms in total. The molecule has 0 radical (unpaired) electrons. The summed E-state index contributed by atoms with van der Waals surface area (Å²) in [7, 11) is -3.54. The zero-order valence-electron chi connectivity index (χ0n) is 37.2. The second kappa shape index (κ2) is 14.9. The van der Waals surface area contributed by atoms with Gasteiger partial charge >= 0.3 is 0 Å². The van der Waals surface area contributed by atoms with E-state index in [9.17, 15) is 0 Å². The fourth-order valence-electron chi connectivity index (χ4n) is 10.2. The van der Waals surface area contributed by atoms with Gasteiger partial charge < -0.3 is 21.5 Å². The Labute approximate surface area is 386 Å². The molecule has 0 amide bonds. The zero-order chi connectivity index (χ0) is 44.5. The first kappa shape index (κ1) is 39.5. The Hall–Kier alpha value is -6.81. The van der Waals surface area contributed by atoms with E-state index in [2.05, 4.69) is 187 Å². The molecule has 0 saturated carbocycles. The van der Waals surface area contributed by atoms with E-state index in [0.717, 1.165) is 152 Å². The highest BCUT2D eigenvalue weighted by Gasteiger charge is 2.30. The lowest BCUT2D eigenvalue weighted by Crippen LogP contribution is -1.98. The molecule has 1 aliphatic rings. The molecule has 66 heavy (non-hydrogen) atoms. The number of hydrogen-bond acceptors (Lipinski definition) is 6. The number of benzene rings is 10. The summed E-state index contributed by atoms with van der Waals surface area (Å²) in [6.07, 6.45) is 0. The van der Waals surface area contributed by atoms with Crippen molar-refractivity contribution in [3.63, 3.8) is 0 Å². The molecular formula is C58H42O5P2S. The molecule has 320 valence electrons. The fourth-order valence-corrected chi connectivity index (χ4v) is 14.9.